The van der Waals surface area contributed by atoms with E-state index in [1.807, 2.05) is 13.8 Å². The number of nitrogens with one attached hydrogen (secondary N) is 1. The summed E-state index contributed by atoms with van der Waals surface area (Å²) < 4.78 is 49.6. The molecular formula is C10H16F4N2O. The summed E-state index contributed by atoms with van der Waals surface area (Å²) in [6.07, 6.45) is -3.37. The number of nitrogens with zero attached hydrogens (tertiary/aromatic N) is 1. The monoisotopic (exact) mass is 256 g/mol. The van der Waals surface area contributed by atoms with E-state index in [1.54, 1.807) is 0 Å². The Kier molecular flexibility index (Phi) is 4.35. The van der Waals surface area contributed by atoms with Gasteiger partial charge in [0.05, 0.1) is 12.6 Å². The number of carbonyl (C=O) groups excluding carboxylic acids is 1. The fourth-order valence-electron chi connectivity index (χ4n) is 1.78. The van der Waals surface area contributed by atoms with Crippen molar-refractivity contribution in [1.82, 2.24) is 10.2 Å². The van der Waals surface area contributed by atoms with E-state index in [4.69, 9.17) is 0 Å². The number of hydrogen-bond acceptors (Lipinski definition) is 2. The van der Waals surface area contributed by atoms with E-state index in [0.717, 1.165) is 4.90 Å². The SMILES string of the molecule is CC(C)NC1CCN(CC(F)(F)C(F)F)C1=O. The fourth-order valence-corrected chi connectivity index (χ4v) is 1.78. The number of halogens is 4. The number of alkyl halides is 4. The first kappa shape index (κ1) is 14.2. The third-order valence-corrected chi connectivity index (χ3v) is 2.55. The van der Waals surface area contributed by atoms with Crippen LogP contribution in [-0.2, 0) is 4.79 Å². The lowest BCUT2D eigenvalue weighted by molar-refractivity contribution is -0.153. The second-order valence-electron chi connectivity index (χ2n) is 4.48. The number of carbonyl (C=O) groups is 1. The first-order chi connectivity index (χ1) is 7.74. The Labute approximate surface area is 97.2 Å². The van der Waals surface area contributed by atoms with Crippen LogP contribution in [-0.4, -0.2) is 48.3 Å². The average Bonchev–Trinajstić information content (AvgIpc) is 2.48. The van der Waals surface area contributed by atoms with Gasteiger partial charge in [-0.05, 0) is 6.42 Å². The van der Waals surface area contributed by atoms with Gasteiger partial charge >= 0.3 is 12.3 Å². The van der Waals surface area contributed by atoms with Crippen molar-refractivity contribution in [2.75, 3.05) is 13.1 Å². The van der Waals surface area contributed by atoms with Crippen molar-refractivity contribution in [3.05, 3.63) is 0 Å². The maximum absolute atomic E-state index is 12.8. The maximum atomic E-state index is 12.8. The smallest absolute Gasteiger partial charge is 0.324 e. The lowest BCUT2D eigenvalue weighted by Crippen LogP contribution is -2.46. The normalized spacial score (nSPS) is 22.0. The Bertz CT molecular complexity index is 283. The van der Waals surface area contributed by atoms with Gasteiger partial charge in [0, 0.05) is 12.6 Å². The molecule has 1 fully saturated rings. The van der Waals surface area contributed by atoms with E-state index in [0.29, 0.717) is 6.42 Å². The molecule has 0 saturated carbocycles. The van der Waals surface area contributed by atoms with E-state index in [9.17, 15) is 22.4 Å². The molecule has 0 aromatic heterocycles. The largest absolute Gasteiger partial charge is 0.335 e. The maximum Gasteiger partial charge on any atom is 0.324 e. The van der Waals surface area contributed by atoms with Gasteiger partial charge in [-0.15, -0.1) is 0 Å². The Morgan fingerprint density at radius 1 is 1.47 bits per heavy atom. The average molecular weight is 256 g/mol. The summed E-state index contributed by atoms with van der Waals surface area (Å²) in [4.78, 5) is 12.4. The third kappa shape index (κ3) is 3.55. The van der Waals surface area contributed by atoms with Gasteiger partial charge in [-0.25, -0.2) is 8.78 Å². The van der Waals surface area contributed by atoms with Gasteiger partial charge in [0.1, 0.15) is 0 Å². The van der Waals surface area contributed by atoms with Crippen LogP contribution in [0.2, 0.25) is 0 Å². The van der Waals surface area contributed by atoms with Crippen LogP contribution in [0.25, 0.3) is 0 Å². The predicted octanol–water partition coefficient (Wildman–Crippen LogP) is 1.49. The van der Waals surface area contributed by atoms with Crippen molar-refractivity contribution in [3.8, 4) is 0 Å². The van der Waals surface area contributed by atoms with Crippen LogP contribution in [0.4, 0.5) is 17.6 Å². The molecule has 1 amide bonds. The lowest BCUT2D eigenvalue weighted by Gasteiger charge is -2.23. The van der Waals surface area contributed by atoms with Gasteiger partial charge in [0.15, 0.2) is 0 Å². The Balaban J connectivity index is 2.56. The summed E-state index contributed by atoms with van der Waals surface area (Å²) in [5, 5.41) is 2.91. The fraction of sp³-hybridized carbons (Fsp3) is 0.900. The lowest BCUT2D eigenvalue weighted by atomic mass is 10.2. The van der Waals surface area contributed by atoms with Gasteiger partial charge in [0.25, 0.3) is 0 Å². The molecule has 1 aliphatic heterocycles. The second-order valence-corrected chi connectivity index (χ2v) is 4.48. The van der Waals surface area contributed by atoms with Crippen molar-refractivity contribution in [2.45, 2.75) is 44.7 Å². The van der Waals surface area contributed by atoms with Gasteiger partial charge in [-0.3, -0.25) is 4.79 Å². The van der Waals surface area contributed by atoms with Crippen LogP contribution in [0.15, 0.2) is 0 Å². The zero-order valence-electron chi connectivity index (χ0n) is 9.72. The predicted molar refractivity (Wildman–Crippen MR) is 54.2 cm³/mol. The molecule has 7 heteroatoms. The van der Waals surface area contributed by atoms with Crippen LogP contribution >= 0.6 is 0 Å². The molecule has 1 saturated heterocycles. The van der Waals surface area contributed by atoms with Crippen LogP contribution in [0.1, 0.15) is 20.3 Å². The standard InChI is InChI=1S/C10H16F4N2O/c1-6(2)15-7-3-4-16(8(7)17)5-10(13,14)9(11)12/h6-7,9,15H,3-5H2,1-2H3. The molecule has 0 aromatic rings. The molecule has 1 unspecified atom stereocenters. The summed E-state index contributed by atoms with van der Waals surface area (Å²) in [7, 11) is 0. The number of rotatable bonds is 5. The summed E-state index contributed by atoms with van der Waals surface area (Å²) in [5.74, 6) is -4.67. The van der Waals surface area contributed by atoms with Crippen molar-refractivity contribution in [1.29, 1.82) is 0 Å². The number of likely N-dealkylation sites (tertiary alicyclic amines) is 1. The van der Waals surface area contributed by atoms with Crippen molar-refractivity contribution in [2.24, 2.45) is 0 Å². The highest BCUT2D eigenvalue weighted by Gasteiger charge is 2.45. The van der Waals surface area contributed by atoms with Gasteiger partial charge in [0.2, 0.25) is 5.91 Å². The molecule has 0 spiro atoms. The molecule has 0 aliphatic carbocycles. The molecule has 0 bridgehead atoms. The highest BCUT2D eigenvalue weighted by molar-refractivity contribution is 5.84. The third-order valence-electron chi connectivity index (χ3n) is 2.55. The first-order valence-corrected chi connectivity index (χ1v) is 5.45. The Morgan fingerprint density at radius 2 is 2.06 bits per heavy atom. The molecule has 17 heavy (non-hydrogen) atoms. The van der Waals surface area contributed by atoms with E-state index < -0.39 is 30.8 Å². The highest BCUT2D eigenvalue weighted by atomic mass is 19.3. The van der Waals surface area contributed by atoms with Crippen LogP contribution in [0, 0.1) is 0 Å². The zero-order valence-corrected chi connectivity index (χ0v) is 9.72. The van der Waals surface area contributed by atoms with Crippen LogP contribution in [0.3, 0.4) is 0 Å². The van der Waals surface area contributed by atoms with Crippen LogP contribution < -0.4 is 5.32 Å². The van der Waals surface area contributed by atoms with Gasteiger partial charge in [-0.2, -0.15) is 8.78 Å². The molecule has 3 nitrogen and oxygen atoms in total. The van der Waals surface area contributed by atoms with Gasteiger partial charge < -0.3 is 10.2 Å². The minimum Gasteiger partial charge on any atom is -0.335 e. The number of amides is 1. The Morgan fingerprint density at radius 3 is 2.53 bits per heavy atom. The molecule has 100 valence electrons. The number of hydrogen-bond donors (Lipinski definition) is 1. The summed E-state index contributed by atoms with van der Waals surface area (Å²) in [6, 6.07) is -0.497. The molecule has 1 N–H and O–H groups in total. The van der Waals surface area contributed by atoms with E-state index in [1.165, 1.54) is 0 Å². The quantitative estimate of drug-likeness (QED) is 0.756. The van der Waals surface area contributed by atoms with Gasteiger partial charge in [-0.1, -0.05) is 13.8 Å². The highest BCUT2D eigenvalue weighted by Crippen LogP contribution is 2.26. The minimum absolute atomic E-state index is 0.0412. The molecule has 1 rings (SSSR count). The Hall–Kier alpha value is -0.850. The molecule has 1 atom stereocenters. The van der Waals surface area contributed by atoms with E-state index in [2.05, 4.69) is 5.32 Å². The molecular weight excluding hydrogens is 240 g/mol. The molecule has 0 aromatic carbocycles. The first-order valence-electron chi connectivity index (χ1n) is 5.45. The topological polar surface area (TPSA) is 32.3 Å². The van der Waals surface area contributed by atoms with Crippen molar-refractivity contribution >= 4 is 5.91 Å². The minimum atomic E-state index is -4.14. The molecule has 1 aliphatic rings. The summed E-state index contributed by atoms with van der Waals surface area (Å²) in [6.45, 7) is 2.53. The summed E-state index contributed by atoms with van der Waals surface area (Å²) in [5.41, 5.74) is 0. The molecule has 0 radical (unpaired) electrons. The van der Waals surface area contributed by atoms with Crippen molar-refractivity contribution in [3.63, 3.8) is 0 Å². The zero-order chi connectivity index (χ0) is 13.2. The second kappa shape index (κ2) is 5.20. The van der Waals surface area contributed by atoms with E-state index in [-0.39, 0.29) is 12.6 Å². The van der Waals surface area contributed by atoms with Crippen molar-refractivity contribution < 1.29 is 22.4 Å². The van der Waals surface area contributed by atoms with Crippen LogP contribution in [0.5, 0.6) is 0 Å². The summed E-state index contributed by atoms with van der Waals surface area (Å²) >= 11 is 0. The molecule has 1 heterocycles. The van der Waals surface area contributed by atoms with E-state index >= 15 is 0 Å².